The van der Waals surface area contributed by atoms with Crippen LogP contribution in [0.2, 0.25) is 0 Å². The third-order valence-corrected chi connectivity index (χ3v) is 12.5. The van der Waals surface area contributed by atoms with Gasteiger partial charge in [0.05, 0.1) is 6.61 Å². The summed E-state index contributed by atoms with van der Waals surface area (Å²) in [6, 6.07) is 0. The second kappa shape index (κ2) is 40.4. The number of carbonyl (C=O) groups is 2. The van der Waals surface area contributed by atoms with Gasteiger partial charge in [-0.2, -0.15) is 8.42 Å². The maximum Gasteiger partial charge on any atom is 0.306 e. The van der Waals surface area contributed by atoms with Crippen LogP contribution in [0.5, 0.6) is 0 Å². The summed E-state index contributed by atoms with van der Waals surface area (Å²) in [4.78, 5) is 25.5. The van der Waals surface area contributed by atoms with Gasteiger partial charge in [-0.05, 0) is 44.9 Å². The second-order valence-corrected chi connectivity index (χ2v) is 19.3. The molecule has 1 saturated heterocycles. The molecule has 6 atom stereocenters. The first-order chi connectivity index (χ1) is 30.5. The standard InChI is InChI=1S/C50H92O12S/c1-3-5-7-9-11-13-15-17-19-21-23-25-27-29-31-33-35-37-39-46(52)61-43(41-60-50-49(55)48(54)47(53)44(62-50)42-63(56,57)58)40-59-45(51)38-36-34-32-30-28-26-24-22-20-18-16-14-12-10-8-6-4-2/h12,14,18,20,43-44,47-50,53-55H,3-11,13,15-17,19,21-42H2,1-2H3,(H,56,57,58)/b14-12+,20-18+/t43-,44-,47-,48?,49?,50+/m1/s1. The average molecular weight is 917 g/mol. The van der Waals surface area contributed by atoms with Crippen LogP contribution in [0.1, 0.15) is 226 Å². The molecule has 0 aromatic heterocycles. The Morgan fingerprint density at radius 1 is 0.540 bits per heavy atom. The molecule has 4 N–H and O–H groups in total. The first kappa shape index (κ1) is 59.1. The Balaban J connectivity index is 2.38. The predicted molar refractivity (Wildman–Crippen MR) is 252 cm³/mol. The van der Waals surface area contributed by atoms with E-state index in [0.29, 0.717) is 12.8 Å². The van der Waals surface area contributed by atoms with E-state index < -0.39 is 71.2 Å². The minimum Gasteiger partial charge on any atom is -0.462 e. The summed E-state index contributed by atoms with van der Waals surface area (Å²) in [6.07, 6.45) is 36.4. The third kappa shape index (κ3) is 35.1. The first-order valence-corrected chi connectivity index (χ1v) is 27.0. The summed E-state index contributed by atoms with van der Waals surface area (Å²) >= 11 is 0. The predicted octanol–water partition coefficient (Wildman–Crippen LogP) is 11.2. The van der Waals surface area contributed by atoms with Gasteiger partial charge in [-0.15, -0.1) is 0 Å². The zero-order valence-corrected chi connectivity index (χ0v) is 40.5. The van der Waals surface area contributed by atoms with Crippen LogP contribution in [0.15, 0.2) is 24.3 Å². The van der Waals surface area contributed by atoms with Crippen LogP contribution in [0.4, 0.5) is 0 Å². The molecule has 1 aliphatic rings. The Hall–Kier alpha value is -1.87. The van der Waals surface area contributed by atoms with Crippen molar-refractivity contribution in [1.29, 1.82) is 0 Å². The molecule has 13 heteroatoms. The SMILES string of the molecule is CCCCC/C=C/C/C=C/CCCCCCCCCC(=O)OC[C@H](CO[C@H]1O[C@H](CS(=O)(=O)O)[C@@H](O)C(O)C1O)OC(=O)CCCCCCCCCCCCCCCCCCCC. The van der Waals surface area contributed by atoms with Crippen molar-refractivity contribution in [2.75, 3.05) is 19.0 Å². The number of aliphatic hydroxyl groups is 3. The maximum atomic E-state index is 12.9. The van der Waals surface area contributed by atoms with Gasteiger partial charge in [0.15, 0.2) is 12.4 Å². The molecule has 2 unspecified atom stereocenters. The lowest BCUT2D eigenvalue weighted by atomic mass is 10.00. The van der Waals surface area contributed by atoms with Crippen molar-refractivity contribution < 1.29 is 56.8 Å². The van der Waals surface area contributed by atoms with E-state index in [2.05, 4.69) is 38.2 Å². The highest BCUT2D eigenvalue weighted by Crippen LogP contribution is 2.24. The summed E-state index contributed by atoms with van der Waals surface area (Å²) in [6.45, 7) is 3.76. The lowest BCUT2D eigenvalue weighted by molar-refractivity contribution is -0.297. The van der Waals surface area contributed by atoms with Gasteiger partial charge in [0.2, 0.25) is 0 Å². The summed E-state index contributed by atoms with van der Waals surface area (Å²) in [5, 5.41) is 31.0. The average Bonchev–Trinajstić information content (AvgIpc) is 3.25. The van der Waals surface area contributed by atoms with Crippen LogP contribution in [0.25, 0.3) is 0 Å². The molecule has 1 rings (SSSR count). The van der Waals surface area contributed by atoms with Gasteiger partial charge in [0.25, 0.3) is 10.1 Å². The number of allylic oxidation sites excluding steroid dienone is 4. The van der Waals surface area contributed by atoms with Gasteiger partial charge in [-0.1, -0.05) is 192 Å². The highest BCUT2D eigenvalue weighted by molar-refractivity contribution is 7.85. The fourth-order valence-electron chi connectivity index (χ4n) is 7.83. The topological polar surface area (TPSA) is 186 Å². The molecule has 0 aromatic carbocycles. The van der Waals surface area contributed by atoms with E-state index in [-0.39, 0.29) is 19.4 Å². The number of hydrogen-bond acceptors (Lipinski definition) is 11. The molecule has 1 heterocycles. The highest BCUT2D eigenvalue weighted by atomic mass is 32.2. The molecule has 12 nitrogen and oxygen atoms in total. The van der Waals surface area contributed by atoms with Crippen molar-refractivity contribution >= 4 is 22.1 Å². The molecule has 0 aromatic rings. The van der Waals surface area contributed by atoms with Crippen molar-refractivity contribution in [3.8, 4) is 0 Å². The summed E-state index contributed by atoms with van der Waals surface area (Å²) < 4.78 is 54.2. The van der Waals surface area contributed by atoms with Crippen LogP contribution < -0.4 is 0 Å². The van der Waals surface area contributed by atoms with Crippen LogP contribution in [0, 0.1) is 0 Å². The fourth-order valence-corrected chi connectivity index (χ4v) is 8.52. The Kier molecular flexibility index (Phi) is 37.9. The van der Waals surface area contributed by atoms with Gasteiger partial charge in [-0.25, -0.2) is 0 Å². The smallest absolute Gasteiger partial charge is 0.306 e. The van der Waals surface area contributed by atoms with Gasteiger partial charge in [0.1, 0.15) is 36.8 Å². The quantitative estimate of drug-likeness (QED) is 0.0197. The van der Waals surface area contributed by atoms with Gasteiger partial charge in [0, 0.05) is 12.8 Å². The monoisotopic (exact) mass is 917 g/mol. The Bertz CT molecular complexity index is 1260. The van der Waals surface area contributed by atoms with E-state index in [1.807, 2.05) is 0 Å². The molecule has 1 fully saturated rings. The molecule has 0 amide bonds. The van der Waals surface area contributed by atoms with Crippen molar-refractivity contribution in [3.05, 3.63) is 24.3 Å². The number of ether oxygens (including phenoxy) is 4. The maximum absolute atomic E-state index is 12.9. The van der Waals surface area contributed by atoms with Crippen LogP contribution in [-0.4, -0.2) is 96.0 Å². The minimum absolute atomic E-state index is 0.167. The zero-order chi connectivity index (χ0) is 46.2. The number of hydrogen-bond donors (Lipinski definition) is 4. The van der Waals surface area contributed by atoms with Gasteiger partial charge in [-0.3, -0.25) is 14.1 Å². The number of aliphatic hydroxyl groups excluding tert-OH is 3. The molecule has 0 saturated carbocycles. The van der Waals surface area contributed by atoms with E-state index in [4.69, 9.17) is 18.9 Å². The second-order valence-electron chi connectivity index (χ2n) is 17.8. The van der Waals surface area contributed by atoms with E-state index >= 15 is 0 Å². The van der Waals surface area contributed by atoms with Crippen molar-refractivity contribution in [2.45, 2.75) is 263 Å². The van der Waals surface area contributed by atoms with Gasteiger partial charge >= 0.3 is 11.9 Å². The number of esters is 2. The molecule has 370 valence electrons. The molecular weight excluding hydrogens is 825 g/mol. The zero-order valence-electron chi connectivity index (χ0n) is 39.7. The van der Waals surface area contributed by atoms with Crippen LogP contribution in [0.3, 0.4) is 0 Å². The van der Waals surface area contributed by atoms with E-state index in [1.165, 1.54) is 128 Å². The third-order valence-electron chi connectivity index (χ3n) is 11.8. The minimum atomic E-state index is -4.60. The van der Waals surface area contributed by atoms with Gasteiger partial charge < -0.3 is 34.3 Å². The normalized spacial score (nSPS) is 19.9. The summed E-state index contributed by atoms with van der Waals surface area (Å²) in [5.41, 5.74) is 0. The molecule has 63 heavy (non-hydrogen) atoms. The highest BCUT2D eigenvalue weighted by Gasteiger charge is 2.46. The molecule has 0 bridgehead atoms. The fraction of sp³-hybridized carbons (Fsp3) is 0.880. The molecular formula is C50H92O12S. The lowest BCUT2D eigenvalue weighted by Gasteiger charge is -2.40. The van der Waals surface area contributed by atoms with Crippen LogP contribution in [-0.2, 0) is 38.7 Å². The largest absolute Gasteiger partial charge is 0.462 e. The number of unbranched alkanes of at least 4 members (excludes halogenated alkanes) is 27. The molecule has 0 aliphatic carbocycles. The Morgan fingerprint density at radius 2 is 0.952 bits per heavy atom. The molecule has 0 spiro atoms. The van der Waals surface area contributed by atoms with E-state index in [9.17, 15) is 37.9 Å². The molecule has 1 aliphatic heterocycles. The molecule has 0 radical (unpaired) electrons. The van der Waals surface area contributed by atoms with Crippen molar-refractivity contribution in [3.63, 3.8) is 0 Å². The Morgan fingerprint density at radius 3 is 1.43 bits per heavy atom. The lowest BCUT2D eigenvalue weighted by Crippen LogP contribution is -2.60. The van der Waals surface area contributed by atoms with E-state index in [1.54, 1.807) is 0 Å². The number of rotatable bonds is 43. The Labute approximate surface area is 383 Å². The first-order valence-electron chi connectivity index (χ1n) is 25.4. The number of carbonyl (C=O) groups excluding carboxylic acids is 2. The van der Waals surface area contributed by atoms with Crippen LogP contribution >= 0.6 is 0 Å². The van der Waals surface area contributed by atoms with Crippen molar-refractivity contribution in [1.82, 2.24) is 0 Å². The summed E-state index contributed by atoms with van der Waals surface area (Å²) in [7, 11) is -4.60. The summed E-state index contributed by atoms with van der Waals surface area (Å²) in [5.74, 6) is -1.98. The van der Waals surface area contributed by atoms with Crippen molar-refractivity contribution in [2.24, 2.45) is 0 Å². The van der Waals surface area contributed by atoms with E-state index in [0.717, 1.165) is 57.8 Å².